The highest BCUT2D eigenvalue weighted by Crippen LogP contribution is 2.75. The van der Waals surface area contributed by atoms with E-state index in [0.717, 1.165) is 37.7 Å². The number of aliphatic hydroxyl groups is 5. The molecule has 63 heavy (non-hydrogen) atoms. The molecule has 21 nitrogen and oxygen atoms in total. The van der Waals surface area contributed by atoms with Crippen LogP contribution in [0.3, 0.4) is 0 Å². The number of carboxylic acid groups (broad SMARTS) is 3. The first-order chi connectivity index (χ1) is 26.8. The van der Waals surface area contributed by atoms with Gasteiger partial charge in [-0.05, 0) is 110 Å². The molecule has 19 atom stereocenters. The molecule has 5 aliphatic carbocycles. The smallest absolute Gasteiger partial charge is 0.335 e. The van der Waals surface area contributed by atoms with Crippen LogP contribution in [0, 0.1) is 50.2 Å². The lowest BCUT2D eigenvalue weighted by Gasteiger charge is -2.70. The monoisotopic (exact) mass is 910 g/mol. The summed E-state index contributed by atoms with van der Waals surface area (Å²) in [5, 5.41) is 83.0. The van der Waals surface area contributed by atoms with Crippen molar-refractivity contribution in [3.63, 3.8) is 0 Å². The van der Waals surface area contributed by atoms with Gasteiger partial charge in [0.05, 0.1) is 11.5 Å². The van der Waals surface area contributed by atoms with Crippen LogP contribution < -0.4 is 12.3 Å². The van der Waals surface area contributed by atoms with E-state index in [2.05, 4.69) is 27.7 Å². The molecule has 0 aromatic rings. The minimum absolute atomic E-state index is 0. The van der Waals surface area contributed by atoms with Gasteiger partial charge in [-0.25, -0.2) is 9.59 Å². The zero-order valence-electron chi connectivity index (χ0n) is 37.3. The number of hydrogen-bond donors (Lipinski definition) is 10. The van der Waals surface area contributed by atoms with E-state index in [1.807, 2.05) is 26.8 Å². The number of carbonyl (C=O) groups excluding carboxylic acids is 1. The van der Waals surface area contributed by atoms with Gasteiger partial charge >= 0.3 is 17.9 Å². The molecule has 0 aromatic heterocycles. The Morgan fingerprint density at radius 3 is 1.76 bits per heavy atom. The first-order valence-electron chi connectivity index (χ1n) is 20.7. The number of aliphatic hydroxyl groups excluding tert-OH is 5. The van der Waals surface area contributed by atoms with Gasteiger partial charge in [-0.2, -0.15) is 0 Å². The molecule has 2 heterocycles. The Kier molecular flexibility index (Phi) is 16.6. The number of ether oxygens (including phenoxy) is 4. The number of hydrogen-bond acceptors (Lipinski definition) is 15. The van der Waals surface area contributed by atoms with E-state index in [4.69, 9.17) is 18.9 Å². The van der Waals surface area contributed by atoms with Crippen molar-refractivity contribution in [2.75, 3.05) is 0 Å². The summed E-state index contributed by atoms with van der Waals surface area (Å²) in [6, 6.07) is 0. The van der Waals surface area contributed by atoms with Crippen LogP contribution in [0.2, 0.25) is 0 Å². The van der Waals surface area contributed by atoms with E-state index in [-0.39, 0.29) is 63.1 Å². The fourth-order valence-corrected chi connectivity index (χ4v) is 13.4. The highest BCUT2D eigenvalue weighted by molar-refractivity contribution is 5.95. The minimum Gasteiger partial charge on any atom is -0.481 e. The third-order valence-electron chi connectivity index (χ3n) is 17.2. The van der Waals surface area contributed by atoms with E-state index in [1.165, 1.54) is 0 Å². The zero-order valence-corrected chi connectivity index (χ0v) is 37.3. The highest BCUT2D eigenvalue weighted by Gasteiger charge is 2.71. The fourth-order valence-electron chi connectivity index (χ4n) is 13.4. The van der Waals surface area contributed by atoms with E-state index in [1.54, 1.807) is 0 Å². The second-order valence-electron chi connectivity index (χ2n) is 20.6. The quantitative estimate of drug-likeness (QED) is 0.151. The van der Waals surface area contributed by atoms with Crippen LogP contribution in [0.4, 0.5) is 0 Å². The van der Waals surface area contributed by atoms with Gasteiger partial charge in [-0.15, -0.1) is 0 Å². The normalized spacial score (nSPS) is 48.4. The van der Waals surface area contributed by atoms with Gasteiger partial charge in [0.1, 0.15) is 36.6 Å². The molecule has 0 radical (unpaired) electrons. The molecule has 2 aliphatic heterocycles. The van der Waals surface area contributed by atoms with Gasteiger partial charge in [-0.1, -0.05) is 47.1 Å². The summed E-state index contributed by atoms with van der Waals surface area (Å²) in [6.45, 7) is 14.8. The molecule has 4 saturated carbocycles. The molecule has 0 aromatic carbocycles. The molecule has 0 unspecified atom stereocenters. The average Bonchev–Trinajstić information content (AvgIpc) is 3.13. The largest absolute Gasteiger partial charge is 0.481 e. The highest BCUT2D eigenvalue weighted by atomic mass is 16.8. The van der Waals surface area contributed by atoms with Crippen molar-refractivity contribution < 1.29 is 95.4 Å². The summed E-state index contributed by atoms with van der Waals surface area (Å²) >= 11 is 0. The fraction of sp³-hybridized carbons (Fsp3) is 0.857. The third kappa shape index (κ3) is 8.27. The van der Waals surface area contributed by atoms with E-state index in [9.17, 15) is 60.0 Å². The maximum atomic E-state index is 14.8. The Morgan fingerprint density at radius 2 is 1.21 bits per heavy atom. The molecule has 2 saturated heterocycles. The summed E-state index contributed by atoms with van der Waals surface area (Å²) in [6.07, 6.45) is -12.2. The molecule has 20 N–H and O–H groups in total. The maximum absolute atomic E-state index is 14.8. The molecular weight excluding hydrogens is 836 g/mol. The van der Waals surface area contributed by atoms with Crippen LogP contribution in [0.5, 0.6) is 0 Å². The minimum atomic E-state index is -2.05. The maximum Gasteiger partial charge on any atom is 0.335 e. The first-order valence-corrected chi connectivity index (χ1v) is 20.7. The first kappa shape index (κ1) is 56.4. The summed E-state index contributed by atoms with van der Waals surface area (Å²) in [4.78, 5) is 51.3. The molecule has 7 aliphatic rings. The van der Waals surface area contributed by atoms with Crippen molar-refractivity contribution in [3.05, 3.63) is 11.6 Å². The van der Waals surface area contributed by atoms with Crippen LogP contribution in [0.15, 0.2) is 11.6 Å². The molecular formula is C42H74N2O19. The van der Waals surface area contributed by atoms with E-state index in [0.29, 0.717) is 25.7 Å². The standard InChI is InChI=1S/C42H62O16.2H3N.3H2O/c1-37(2)21-8-11-42(7)31(20(43)16-18-19-17-39(4,36(53)54)13-12-38(19,3)14-15-41(18,42)6)40(21,5)10-9-22(37)55-35-30(26(47)25(46)29(57-35)33(51)52)58-34-27(48)23(44)24(45)28(56-34)32(49)50;;;;;/h16,19,21-31,34-35,44-48H,8-15,17H2,1-7H3,(H,49,50)(H,51,52)(H,53,54);2*1H3;3*1H2/t19-,21+,22+,23+,24+,25+,26+,27-,28+,29+,30-,31-,34+,35+,38-,39+,40+,41-,42-;;;;;/m1...../s1. The summed E-state index contributed by atoms with van der Waals surface area (Å²) < 4.78 is 23.4. The zero-order chi connectivity index (χ0) is 42.9. The molecule has 6 fully saturated rings. The van der Waals surface area contributed by atoms with Crippen LogP contribution in [-0.4, -0.2) is 148 Å². The lowest BCUT2D eigenvalue weighted by atomic mass is 9.33. The van der Waals surface area contributed by atoms with Crippen molar-refractivity contribution in [1.29, 1.82) is 0 Å². The van der Waals surface area contributed by atoms with Crippen LogP contribution in [0.25, 0.3) is 0 Å². The van der Waals surface area contributed by atoms with E-state index >= 15 is 0 Å². The van der Waals surface area contributed by atoms with Crippen molar-refractivity contribution in [1.82, 2.24) is 12.3 Å². The molecule has 21 heteroatoms. The number of allylic oxidation sites excluding steroid dienone is 2. The number of carbonyl (C=O) groups is 4. The topological polar surface area (TPSA) is 432 Å². The van der Waals surface area contributed by atoms with Gasteiger partial charge in [-0.3, -0.25) is 9.59 Å². The van der Waals surface area contributed by atoms with Gasteiger partial charge < -0.3 is 88.5 Å². The second kappa shape index (κ2) is 18.5. The third-order valence-corrected chi connectivity index (χ3v) is 17.2. The van der Waals surface area contributed by atoms with Crippen molar-refractivity contribution in [3.8, 4) is 0 Å². The lowest BCUT2D eigenvalue weighted by molar-refractivity contribution is -0.371. The number of carboxylic acids is 3. The Morgan fingerprint density at radius 1 is 0.667 bits per heavy atom. The predicted molar refractivity (Wildman–Crippen MR) is 220 cm³/mol. The molecule has 0 spiro atoms. The van der Waals surface area contributed by atoms with Gasteiger partial charge in [0, 0.05) is 5.92 Å². The Labute approximate surface area is 366 Å². The molecule has 7 rings (SSSR count). The Hall–Kier alpha value is -2.74. The van der Waals surface area contributed by atoms with Crippen molar-refractivity contribution in [2.45, 2.75) is 174 Å². The average molecular weight is 911 g/mol. The van der Waals surface area contributed by atoms with Gasteiger partial charge in [0.2, 0.25) is 0 Å². The van der Waals surface area contributed by atoms with E-state index < -0.39 is 107 Å². The summed E-state index contributed by atoms with van der Waals surface area (Å²) in [5.74, 6) is -4.47. The van der Waals surface area contributed by atoms with Gasteiger partial charge in [0.25, 0.3) is 0 Å². The number of rotatable bonds is 7. The van der Waals surface area contributed by atoms with Crippen LogP contribution in [0.1, 0.15) is 106 Å². The van der Waals surface area contributed by atoms with Crippen LogP contribution >= 0.6 is 0 Å². The number of fused-ring (bicyclic) bond motifs is 7. The second-order valence-corrected chi connectivity index (χ2v) is 20.6. The van der Waals surface area contributed by atoms with Crippen LogP contribution in [-0.2, 0) is 38.1 Å². The molecule has 366 valence electrons. The van der Waals surface area contributed by atoms with Crippen molar-refractivity contribution >= 4 is 23.7 Å². The molecule has 0 amide bonds. The number of aliphatic carboxylic acids is 3. The van der Waals surface area contributed by atoms with Crippen molar-refractivity contribution in [2.24, 2.45) is 50.2 Å². The molecule has 0 bridgehead atoms. The number of ketones is 1. The Balaban J connectivity index is 0.00000273. The summed E-state index contributed by atoms with van der Waals surface area (Å²) in [7, 11) is 0. The lowest BCUT2D eigenvalue weighted by Crippen LogP contribution is -2.68. The SMILES string of the molecule is CC1(C)[C@@H](O[C@H]2O[C@H](C(=O)O)[C@@H](O)[C@H](O)[C@H]2O[C@@H]2O[C@H](C(=O)O)[C@@H](O)[C@H](O)[C@H]2O)CC[C@]2(C)[C@H]3C(=O)C=C4[C@H]5C[C@@](C)(C(=O)O)CC[C@]5(C)CC[C@@]4(C)[C@]3(C)CC[C@@H]12.N.N.O.O.O. The summed E-state index contributed by atoms with van der Waals surface area (Å²) in [5.41, 5.74) is -1.81. The van der Waals surface area contributed by atoms with Gasteiger partial charge in [0.15, 0.2) is 30.6 Å². The predicted octanol–water partition coefficient (Wildman–Crippen LogP) is 0.0955. The Bertz CT molecular complexity index is 1750.